The van der Waals surface area contributed by atoms with Crippen LogP contribution in [0.15, 0.2) is 42.5 Å². The third-order valence-corrected chi connectivity index (χ3v) is 5.69. The topological polar surface area (TPSA) is 9.23 Å². The summed E-state index contributed by atoms with van der Waals surface area (Å²) in [6.45, 7) is 0. The second-order valence-electron chi connectivity index (χ2n) is 7.01. The van der Waals surface area contributed by atoms with Crippen molar-refractivity contribution >= 4 is 15.9 Å². The lowest BCUT2D eigenvalue weighted by molar-refractivity contribution is -0.275. The Hall–Kier alpha value is -1.56. The van der Waals surface area contributed by atoms with Crippen LogP contribution in [0.25, 0.3) is 11.1 Å². The SMILES string of the molecule is Fc1cc(-c2ccc(C3CCC(CCBr)CC3)cc2)ccc1OC(F)(F)F. The third kappa shape index (κ3) is 5.47. The molecule has 0 unspecified atom stereocenters. The van der Waals surface area contributed by atoms with Gasteiger partial charge in [0.2, 0.25) is 0 Å². The maximum absolute atomic E-state index is 13.9. The van der Waals surface area contributed by atoms with Crippen molar-refractivity contribution in [3.05, 3.63) is 53.8 Å². The molecule has 0 amide bonds. The van der Waals surface area contributed by atoms with Gasteiger partial charge in [0.25, 0.3) is 0 Å². The Labute approximate surface area is 164 Å². The van der Waals surface area contributed by atoms with Gasteiger partial charge in [0.1, 0.15) is 0 Å². The van der Waals surface area contributed by atoms with Gasteiger partial charge in [0.15, 0.2) is 11.6 Å². The van der Waals surface area contributed by atoms with E-state index in [9.17, 15) is 17.6 Å². The van der Waals surface area contributed by atoms with Crippen LogP contribution in [0.1, 0.15) is 43.6 Å². The largest absolute Gasteiger partial charge is 0.573 e. The standard InChI is InChI=1S/C21H21BrF4O/c22-12-11-14-1-3-15(4-2-14)16-5-7-17(8-6-16)18-9-10-20(19(23)13-18)27-21(24,25)26/h5-10,13-15H,1-4,11-12H2. The average molecular weight is 445 g/mol. The summed E-state index contributed by atoms with van der Waals surface area (Å²) in [5.74, 6) is -0.493. The summed E-state index contributed by atoms with van der Waals surface area (Å²) in [4.78, 5) is 0. The molecular formula is C21H21BrF4O. The highest BCUT2D eigenvalue weighted by molar-refractivity contribution is 9.09. The lowest BCUT2D eigenvalue weighted by Gasteiger charge is -2.28. The van der Waals surface area contributed by atoms with Gasteiger partial charge in [-0.05, 0) is 72.8 Å². The van der Waals surface area contributed by atoms with E-state index in [-0.39, 0.29) is 0 Å². The van der Waals surface area contributed by atoms with Crippen molar-refractivity contribution in [3.63, 3.8) is 0 Å². The third-order valence-electron chi connectivity index (χ3n) is 5.24. The Morgan fingerprint density at radius 2 is 1.56 bits per heavy atom. The van der Waals surface area contributed by atoms with Gasteiger partial charge < -0.3 is 4.74 Å². The van der Waals surface area contributed by atoms with Gasteiger partial charge in [-0.15, -0.1) is 13.2 Å². The Morgan fingerprint density at radius 3 is 2.11 bits per heavy atom. The molecule has 2 aromatic carbocycles. The average Bonchev–Trinajstić information content (AvgIpc) is 2.63. The Morgan fingerprint density at radius 1 is 0.926 bits per heavy atom. The number of ether oxygens (including phenoxy) is 1. The second-order valence-corrected chi connectivity index (χ2v) is 7.80. The van der Waals surface area contributed by atoms with Gasteiger partial charge >= 0.3 is 6.36 Å². The van der Waals surface area contributed by atoms with E-state index >= 15 is 0 Å². The van der Waals surface area contributed by atoms with Crippen molar-refractivity contribution < 1.29 is 22.3 Å². The molecule has 0 heterocycles. The molecule has 0 aromatic heterocycles. The smallest absolute Gasteiger partial charge is 0.403 e. The molecule has 3 rings (SSSR count). The van der Waals surface area contributed by atoms with Crippen molar-refractivity contribution in [2.24, 2.45) is 5.92 Å². The molecule has 6 heteroatoms. The highest BCUT2D eigenvalue weighted by atomic mass is 79.9. The van der Waals surface area contributed by atoms with Gasteiger partial charge in [-0.3, -0.25) is 0 Å². The van der Waals surface area contributed by atoms with Gasteiger partial charge in [-0.1, -0.05) is 46.3 Å². The maximum Gasteiger partial charge on any atom is 0.573 e. The maximum atomic E-state index is 13.9. The lowest BCUT2D eigenvalue weighted by Crippen LogP contribution is -2.17. The van der Waals surface area contributed by atoms with Crippen LogP contribution >= 0.6 is 15.9 Å². The summed E-state index contributed by atoms with van der Waals surface area (Å²) in [5.41, 5.74) is 2.56. The normalized spacial score (nSPS) is 20.5. The molecule has 0 radical (unpaired) electrons. The van der Waals surface area contributed by atoms with Crippen LogP contribution < -0.4 is 4.74 Å². The van der Waals surface area contributed by atoms with Crippen LogP contribution in [0.5, 0.6) is 5.75 Å². The van der Waals surface area contributed by atoms with Gasteiger partial charge in [-0.2, -0.15) is 0 Å². The van der Waals surface area contributed by atoms with E-state index < -0.39 is 17.9 Å². The summed E-state index contributed by atoms with van der Waals surface area (Å²) in [6, 6.07) is 11.4. The van der Waals surface area contributed by atoms with Crippen LogP contribution in [-0.4, -0.2) is 11.7 Å². The summed E-state index contributed by atoms with van der Waals surface area (Å²) in [6.07, 6.45) is 1.15. The van der Waals surface area contributed by atoms with Crippen molar-refractivity contribution in [2.75, 3.05) is 5.33 Å². The molecule has 0 atom stereocenters. The van der Waals surface area contributed by atoms with E-state index in [0.717, 1.165) is 28.9 Å². The van der Waals surface area contributed by atoms with Crippen molar-refractivity contribution in [3.8, 4) is 16.9 Å². The molecule has 1 aliphatic rings. The van der Waals surface area contributed by atoms with E-state index in [0.29, 0.717) is 11.5 Å². The molecule has 0 aliphatic heterocycles. The molecule has 0 spiro atoms. The second kappa shape index (κ2) is 8.63. The fourth-order valence-corrected chi connectivity index (χ4v) is 4.42. The molecule has 0 N–H and O–H groups in total. The van der Waals surface area contributed by atoms with Crippen LogP contribution in [0, 0.1) is 11.7 Å². The van der Waals surface area contributed by atoms with Crippen LogP contribution in [0.2, 0.25) is 0 Å². The summed E-state index contributed by atoms with van der Waals surface area (Å²) in [5, 5.41) is 1.06. The van der Waals surface area contributed by atoms with Crippen LogP contribution in [0.4, 0.5) is 17.6 Å². The zero-order valence-corrected chi connectivity index (χ0v) is 16.3. The first-order chi connectivity index (χ1) is 12.9. The molecule has 1 nitrogen and oxygen atoms in total. The van der Waals surface area contributed by atoms with Crippen molar-refractivity contribution in [2.45, 2.75) is 44.4 Å². The van der Waals surface area contributed by atoms with E-state index in [1.807, 2.05) is 24.3 Å². The van der Waals surface area contributed by atoms with E-state index in [4.69, 9.17) is 0 Å². The number of rotatable bonds is 5. The van der Waals surface area contributed by atoms with Crippen molar-refractivity contribution in [1.29, 1.82) is 0 Å². The fourth-order valence-electron chi connectivity index (χ4n) is 3.77. The van der Waals surface area contributed by atoms with E-state index in [2.05, 4.69) is 20.7 Å². The van der Waals surface area contributed by atoms with E-state index in [1.165, 1.54) is 43.7 Å². The molecule has 0 saturated heterocycles. The molecule has 146 valence electrons. The summed E-state index contributed by atoms with van der Waals surface area (Å²) in [7, 11) is 0. The minimum Gasteiger partial charge on any atom is -0.403 e. The molecule has 0 bridgehead atoms. The molecule has 2 aromatic rings. The predicted octanol–water partition coefficient (Wildman–Crippen LogP) is 7.45. The highest BCUT2D eigenvalue weighted by Crippen LogP contribution is 2.38. The first kappa shape index (κ1) is 20.2. The molecule has 1 aliphatic carbocycles. The minimum absolute atomic E-state index is 0.523. The molecule has 1 fully saturated rings. The molecule has 27 heavy (non-hydrogen) atoms. The van der Waals surface area contributed by atoms with Crippen molar-refractivity contribution in [1.82, 2.24) is 0 Å². The zero-order chi connectivity index (χ0) is 19.4. The number of hydrogen-bond acceptors (Lipinski definition) is 1. The predicted molar refractivity (Wildman–Crippen MR) is 102 cm³/mol. The van der Waals surface area contributed by atoms with Crippen LogP contribution in [0.3, 0.4) is 0 Å². The first-order valence-electron chi connectivity index (χ1n) is 9.07. The van der Waals surface area contributed by atoms with E-state index in [1.54, 1.807) is 0 Å². The number of benzene rings is 2. The fraction of sp³-hybridized carbons (Fsp3) is 0.429. The Balaban J connectivity index is 1.68. The number of alkyl halides is 4. The monoisotopic (exact) mass is 444 g/mol. The zero-order valence-electron chi connectivity index (χ0n) is 14.7. The minimum atomic E-state index is -4.91. The van der Waals surface area contributed by atoms with Gasteiger partial charge in [0.05, 0.1) is 0 Å². The van der Waals surface area contributed by atoms with Crippen LogP contribution in [-0.2, 0) is 0 Å². The summed E-state index contributed by atoms with van der Waals surface area (Å²) < 4.78 is 54.3. The number of halogens is 5. The summed E-state index contributed by atoms with van der Waals surface area (Å²) >= 11 is 3.51. The Bertz CT molecular complexity index is 750. The quantitative estimate of drug-likeness (QED) is 0.343. The van der Waals surface area contributed by atoms with Gasteiger partial charge in [-0.25, -0.2) is 4.39 Å². The molecule has 1 saturated carbocycles. The Kier molecular flexibility index (Phi) is 6.45. The highest BCUT2D eigenvalue weighted by Gasteiger charge is 2.32. The van der Waals surface area contributed by atoms with Gasteiger partial charge in [0, 0.05) is 5.33 Å². The lowest BCUT2D eigenvalue weighted by atomic mass is 9.77. The first-order valence-corrected chi connectivity index (χ1v) is 10.2. The number of hydrogen-bond donors (Lipinski definition) is 0. The molecular weight excluding hydrogens is 424 g/mol.